The summed E-state index contributed by atoms with van der Waals surface area (Å²) in [5.74, 6) is 0.126. The maximum Gasteiger partial charge on any atom is 0.188 e. The minimum absolute atomic E-state index is 0.126. The van der Waals surface area contributed by atoms with Gasteiger partial charge in [-0.25, -0.2) is 9.97 Å². The summed E-state index contributed by atoms with van der Waals surface area (Å²) in [4.78, 5) is 21.1. The molecule has 20 heavy (non-hydrogen) atoms. The molecule has 4 heteroatoms. The van der Waals surface area contributed by atoms with E-state index in [1.165, 1.54) is 11.8 Å². The summed E-state index contributed by atoms with van der Waals surface area (Å²) in [6, 6.07) is 7.81. The zero-order valence-electron chi connectivity index (χ0n) is 12.2. The van der Waals surface area contributed by atoms with Crippen molar-refractivity contribution in [1.82, 2.24) is 9.97 Å². The Balaban J connectivity index is 2.18. The zero-order chi connectivity index (χ0) is 14.7. The van der Waals surface area contributed by atoms with Crippen LogP contribution in [0, 0.1) is 20.8 Å². The van der Waals surface area contributed by atoms with Gasteiger partial charge in [0.25, 0.3) is 0 Å². The van der Waals surface area contributed by atoms with Gasteiger partial charge in [0.05, 0.1) is 5.25 Å². The molecule has 1 heterocycles. The summed E-state index contributed by atoms with van der Waals surface area (Å²) < 4.78 is 0. The summed E-state index contributed by atoms with van der Waals surface area (Å²) >= 11 is 1.40. The SMILES string of the molecule is Cc1ccc(C)c(C(=O)C(C)Sc2nccc(C)n2)c1. The first-order valence-electron chi connectivity index (χ1n) is 6.55. The lowest BCUT2D eigenvalue weighted by Crippen LogP contribution is -2.15. The van der Waals surface area contributed by atoms with E-state index in [0.717, 1.165) is 22.4 Å². The fourth-order valence-corrected chi connectivity index (χ4v) is 2.78. The van der Waals surface area contributed by atoms with Crippen molar-refractivity contribution in [2.45, 2.75) is 38.1 Å². The first-order valence-corrected chi connectivity index (χ1v) is 7.43. The molecule has 0 bridgehead atoms. The van der Waals surface area contributed by atoms with Crippen LogP contribution in [0.3, 0.4) is 0 Å². The summed E-state index contributed by atoms with van der Waals surface area (Å²) in [6.07, 6.45) is 1.72. The van der Waals surface area contributed by atoms with Crippen molar-refractivity contribution in [3.05, 3.63) is 52.8 Å². The molecule has 0 saturated carbocycles. The number of rotatable bonds is 4. The molecule has 0 aliphatic heterocycles. The van der Waals surface area contributed by atoms with E-state index in [2.05, 4.69) is 9.97 Å². The van der Waals surface area contributed by atoms with Crippen LogP contribution in [0.5, 0.6) is 0 Å². The van der Waals surface area contributed by atoms with E-state index in [9.17, 15) is 4.79 Å². The Hall–Kier alpha value is -1.68. The van der Waals surface area contributed by atoms with Crippen molar-refractivity contribution in [1.29, 1.82) is 0 Å². The van der Waals surface area contributed by atoms with E-state index in [1.807, 2.05) is 52.0 Å². The van der Waals surface area contributed by atoms with Gasteiger partial charge in [0.2, 0.25) is 0 Å². The topological polar surface area (TPSA) is 42.9 Å². The van der Waals surface area contributed by atoms with Gasteiger partial charge in [0.1, 0.15) is 0 Å². The second-order valence-corrected chi connectivity index (χ2v) is 6.23. The number of carbonyl (C=O) groups is 1. The van der Waals surface area contributed by atoms with Gasteiger partial charge in [0, 0.05) is 17.5 Å². The average Bonchev–Trinajstić information content (AvgIpc) is 2.40. The first kappa shape index (κ1) is 14.7. The number of ketones is 1. The number of thioether (sulfide) groups is 1. The Morgan fingerprint density at radius 3 is 2.65 bits per heavy atom. The molecule has 0 fully saturated rings. The van der Waals surface area contributed by atoms with Gasteiger partial charge < -0.3 is 0 Å². The highest BCUT2D eigenvalue weighted by Gasteiger charge is 2.19. The number of nitrogens with zero attached hydrogens (tertiary/aromatic N) is 2. The van der Waals surface area contributed by atoms with E-state index in [1.54, 1.807) is 6.20 Å². The van der Waals surface area contributed by atoms with Gasteiger partial charge in [-0.2, -0.15) is 0 Å². The molecule has 1 unspecified atom stereocenters. The van der Waals surface area contributed by atoms with Gasteiger partial charge in [-0.3, -0.25) is 4.79 Å². The fraction of sp³-hybridized carbons (Fsp3) is 0.312. The van der Waals surface area contributed by atoms with Crippen LogP contribution >= 0.6 is 11.8 Å². The number of aromatic nitrogens is 2. The van der Waals surface area contributed by atoms with Crippen molar-refractivity contribution in [3.63, 3.8) is 0 Å². The Bertz CT molecular complexity index is 640. The second-order valence-electron chi connectivity index (χ2n) is 4.92. The van der Waals surface area contributed by atoms with Crippen LogP contribution < -0.4 is 0 Å². The van der Waals surface area contributed by atoms with Gasteiger partial charge >= 0.3 is 0 Å². The number of carbonyl (C=O) groups excluding carboxylic acids is 1. The predicted molar refractivity (Wildman–Crippen MR) is 82.3 cm³/mol. The smallest absolute Gasteiger partial charge is 0.188 e. The van der Waals surface area contributed by atoms with Crippen LogP contribution in [0.15, 0.2) is 35.6 Å². The molecule has 1 aromatic heterocycles. The fourth-order valence-electron chi connectivity index (χ4n) is 1.91. The molecule has 2 aromatic rings. The van der Waals surface area contributed by atoms with Crippen molar-refractivity contribution in [2.75, 3.05) is 0 Å². The highest BCUT2D eigenvalue weighted by molar-refractivity contribution is 8.00. The third kappa shape index (κ3) is 3.45. The Morgan fingerprint density at radius 2 is 1.95 bits per heavy atom. The minimum Gasteiger partial charge on any atom is -0.293 e. The summed E-state index contributed by atoms with van der Waals surface area (Å²) in [5.41, 5.74) is 3.81. The molecule has 0 N–H and O–H groups in total. The largest absolute Gasteiger partial charge is 0.293 e. The molecule has 0 amide bonds. The lowest BCUT2D eigenvalue weighted by Gasteiger charge is -2.12. The molecule has 0 aliphatic rings. The van der Waals surface area contributed by atoms with Crippen LogP contribution in [0.2, 0.25) is 0 Å². The standard InChI is InChI=1S/C16H18N2OS/c1-10-5-6-11(2)14(9-10)15(19)13(4)20-16-17-8-7-12(3)18-16/h5-9,13H,1-4H3. The van der Waals surface area contributed by atoms with Gasteiger partial charge in [-0.1, -0.05) is 29.5 Å². The van der Waals surface area contributed by atoms with Gasteiger partial charge in [-0.15, -0.1) is 0 Å². The molecule has 104 valence electrons. The number of Topliss-reactive ketones (excluding diaryl/α,β-unsaturated/α-hetero) is 1. The number of hydrogen-bond acceptors (Lipinski definition) is 4. The average molecular weight is 286 g/mol. The van der Waals surface area contributed by atoms with E-state index in [-0.39, 0.29) is 11.0 Å². The minimum atomic E-state index is -0.197. The van der Waals surface area contributed by atoms with Crippen molar-refractivity contribution in [3.8, 4) is 0 Å². The van der Waals surface area contributed by atoms with Crippen LogP contribution in [0.1, 0.15) is 34.1 Å². The highest BCUT2D eigenvalue weighted by atomic mass is 32.2. The van der Waals surface area contributed by atoms with Gasteiger partial charge in [0.15, 0.2) is 10.9 Å². The molecule has 3 nitrogen and oxygen atoms in total. The van der Waals surface area contributed by atoms with Crippen LogP contribution in [-0.4, -0.2) is 21.0 Å². The molecule has 0 radical (unpaired) electrons. The van der Waals surface area contributed by atoms with Crippen molar-refractivity contribution >= 4 is 17.5 Å². The molecule has 0 saturated heterocycles. The zero-order valence-corrected chi connectivity index (χ0v) is 13.0. The summed E-state index contributed by atoms with van der Waals surface area (Å²) in [5, 5.41) is 0.452. The molecule has 1 atom stereocenters. The van der Waals surface area contributed by atoms with Crippen LogP contribution in [0.4, 0.5) is 0 Å². The quantitative estimate of drug-likeness (QED) is 0.487. The van der Waals surface area contributed by atoms with Gasteiger partial charge in [-0.05, 0) is 45.4 Å². The third-order valence-corrected chi connectivity index (χ3v) is 4.06. The second kappa shape index (κ2) is 6.18. The van der Waals surface area contributed by atoms with E-state index >= 15 is 0 Å². The lowest BCUT2D eigenvalue weighted by molar-refractivity contribution is 0.0993. The summed E-state index contributed by atoms with van der Waals surface area (Å²) in [7, 11) is 0. The maximum absolute atomic E-state index is 12.5. The molecular weight excluding hydrogens is 268 g/mol. The number of aryl methyl sites for hydroxylation is 3. The molecule has 0 spiro atoms. The maximum atomic E-state index is 12.5. The predicted octanol–water partition coefficient (Wildman–Crippen LogP) is 3.77. The van der Waals surface area contributed by atoms with Crippen LogP contribution in [-0.2, 0) is 0 Å². The molecule has 1 aromatic carbocycles. The molecule has 0 aliphatic carbocycles. The first-order chi connectivity index (χ1) is 9.47. The number of benzene rings is 1. The molecule has 2 rings (SSSR count). The van der Waals surface area contributed by atoms with E-state index < -0.39 is 0 Å². The van der Waals surface area contributed by atoms with Crippen molar-refractivity contribution < 1.29 is 4.79 Å². The van der Waals surface area contributed by atoms with E-state index in [0.29, 0.717) is 5.16 Å². The Labute approximate surface area is 123 Å². The van der Waals surface area contributed by atoms with E-state index in [4.69, 9.17) is 0 Å². The highest BCUT2D eigenvalue weighted by Crippen LogP contribution is 2.24. The monoisotopic (exact) mass is 286 g/mol. The number of hydrogen-bond donors (Lipinski definition) is 0. The normalized spacial score (nSPS) is 12.2. The third-order valence-electron chi connectivity index (χ3n) is 3.08. The van der Waals surface area contributed by atoms with Crippen LogP contribution in [0.25, 0.3) is 0 Å². The Kier molecular flexibility index (Phi) is 4.55. The molecular formula is C16H18N2OS. The summed E-state index contributed by atoms with van der Waals surface area (Å²) in [6.45, 7) is 7.79. The lowest BCUT2D eigenvalue weighted by atomic mass is 10.0. The van der Waals surface area contributed by atoms with Crippen molar-refractivity contribution in [2.24, 2.45) is 0 Å². The Morgan fingerprint density at radius 1 is 1.20 bits per heavy atom.